The first kappa shape index (κ1) is 22.8. The molecule has 0 bridgehead atoms. The van der Waals surface area contributed by atoms with E-state index in [4.69, 9.17) is 4.74 Å². The molecule has 0 atom stereocenters. The van der Waals surface area contributed by atoms with Gasteiger partial charge in [-0.15, -0.1) is 17.9 Å². The molecular formula is C27H32N4O2S. The minimum Gasteiger partial charge on any atom is -0.488 e. The van der Waals surface area contributed by atoms with Crippen molar-refractivity contribution < 1.29 is 9.53 Å². The number of fused-ring (bicyclic) bond motifs is 1. The number of aliphatic imine (C=N–C) groups is 1. The second-order valence-electron chi connectivity index (χ2n) is 9.81. The maximum Gasteiger partial charge on any atom is 0.223 e. The van der Waals surface area contributed by atoms with Gasteiger partial charge in [-0.2, -0.15) is 0 Å². The Balaban J connectivity index is 1.12. The molecule has 0 unspecified atom stereocenters. The molecule has 0 spiro atoms. The van der Waals surface area contributed by atoms with Gasteiger partial charge in [0.2, 0.25) is 5.91 Å². The maximum atomic E-state index is 12.9. The molecule has 3 aliphatic rings. The molecule has 34 heavy (non-hydrogen) atoms. The number of nitrogens with one attached hydrogen (secondary N) is 1. The van der Waals surface area contributed by atoms with Crippen LogP contribution < -0.4 is 10.1 Å². The fourth-order valence-corrected chi connectivity index (χ4v) is 5.67. The van der Waals surface area contributed by atoms with Crippen molar-refractivity contribution >= 4 is 33.3 Å². The highest BCUT2D eigenvalue weighted by atomic mass is 32.1. The molecule has 1 amide bonds. The van der Waals surface area contributed by atoms with Crippen molar-refractivity contribution in [2.45, 2.75) is 57.1 Å². The van der Waals surface area contributed by atoms with Crippen LogP contribution in [0, 0.1) is 5.92 Å². The number of nitrogens with zero attached hydrogens (tertiary/aromatic N) is 3. The highest BCUT2D eigenvalue weighted by molar-refractivity contribution is 7.16. The van der Waals surface area contributed by atoms with E-state index in [1.54, 1.807) is 11.3 Å². The van der Waals surface area contributed by atoms with Crippen molar-refractivity contribution in [1.82, 2.24) is 15.2 Å². The Kier molecular flexibility index (Phi) is 6.55. The van der Waals surface area contributed by atoms with Gasteiger partial charge in [0, 0.05) is 31.6 Å². The number of hydrogen-bond acceptors (Lipinski definition) is 6. The third-order valence-corrected chi connectivity index (χ3v) is 7.57. The van der Waals surface area contributed by atoms with Gasteiger partial charge >= 0.3 is 0 Å². The minimum atomic E-state index is -0.197. The quantitative estimate of drug-likeness (QED) is 0.594. The van der Waals surface area contributed by atoms with Crippen LogP contribution in [0.25, 0.3) is 10.2 Å². The highest BCUT2D eigenvalue weighted by Gasteiger charge is 2.44. The van der Waals surface area contributed by atoms with Gasteiger partial charge in [0.25, 0.3) is 0 Å². The molecule has 1 aliphatic carbocycles. The number of ether oxygens (including phenoxy) is 1. The molecular weight excluding hydrogens is 444 g/mol. The van der Waals surface area contributed by atoms with Crippen molar-refractivity contribution in [2.75, 3.05) is 13.1 Å². The van der Waals surface area contributed by atoms with Crippen molar-refractivity contribution in [3.63, 3.8) is 0 Å². The van der Waals surface area contributed by atoms with Crippen LogP contribution in [0.5, 0.6) is 5.75 Å². The average Bonchev–Trinajstić information content (AvgIpc) is 3.27. The summed E-state index contributed by atoms with van der Waals surface area (Å²) in [5.41, 5.74) is 3.74. The molecule has 3 heterocycles. The van der Waals surface area contributed by atoms with Crippen molar-refractivity contribution in [3.05, 3.63) is 60.3 Å². The minimum absolute atomic E-state index is 0.00871. The fraction of sp³-hybridized carbons (Fsp3) is 0.444. The van der Waals surface area contributed by atoms with Crippen LogP contribution in [0.1, 0.15) is 44.6 Å². The van der Waals surface area contributed by atoms with Crippen molar-refractivity contribution in [1.29, 1.82) is 0 Å². The Morgan fingerprint density at radius 2 is 2.21 bits per heavy atom. The Morgan fingerprint density at radius 3 is 3.03 bits per heavy atom. The topological polar surface area (TPSA) is 66.8 Å². The van der Waals surface area contributed by atoms with Gasteiger partial charge in [-0.3, -0.25) is 4.79 Å². The number of hydrogen-bond donors (Lipinski definition) is 1. The van der Waals surface area contributed by atoms with Crippen LogP contribution in [0.4, 0.5) is 0 Å². The molecule has 2 aliphatic heterocycles. The van der Waals surface area contributed by atoms with Gasteiger partial charge < -0.3 is 15.0 Å². The number of carbonyl (C=O) groups excluding carboxylic acids is 1. The number of carbonyl (C=O) groups is 1. The maximum absolute atomic E-state index is 12.9. The Hall–Kier alpha value is -2.93. The zero-order chi connectivity index (χ0) is 23.5. The van der Waals surface area contributed by atoms with Crippen LogP contribution >= 0.6 is 11.3 Å². The largest absolute Gasteiger partial charge is 0.488 e. The average molecular weight is 477 g/mol. The standard InChI is InChI=1S/C27H32N4O2S/c1-3-9-19-12-22(25-23(13-19)34-18-29-25)33-21-14-20(15-21)26(32)30-27(2)16-31(17-27)24-10-7-5-4-6-8-11-28-24/h3-4,6,8,11-13,18,20-21H,1,5,7,9-10,14-17H2,2H3,(H,30,32)/b6-4-,11-8-,28-24+/t20-,21-. The number of likely N-dealkylation sites (tertiary alicyclic amines) is 1. The summed E-state index contributed by atoms with van der Waals surface area (Å²) in [5, 5.41) is 3.30. The van der Waals surface area contributed by atoms with Crippen LogP contribution in [0.3, 0.4) is 0 Å². The van der Waals surface area contributed by atoms with E-state index in [1.165, 1.54) is 5.56 Å². The first-order valence-corrected chi connectivity index (χ1v) is 13.0. The van der Waals surface area contributed by atoms with Crippen LogP contribution in [0.2, 0.25) is 0 Å². The molecule has 0 radical (unpaired) electrons. The number of benzene rings is 1. The first-order chi connectivity index (χ1) is 16.5. The van der Waals surface area contributed by atoms with E-state index in [9.17, 15) is 4.79 Å². The molecule has 7 heteroatoms. The third kappa shape index (κ3) is 4.94. The van der Waals surface area contributed by atoms with Crippen LogP contribution in [-0.4, -0.2) is 46.4 Å². The SMILES string of the molecule is C=CCc1cc(O[C@H]2C[C@H](C(=O)NC3(C)CN(/C4=N/C=C\C=C/CCC4)C3)C2)c2ncsc2c1. The lowest BCUT2D eigenvalue weighted by atomic mass is 9.80. The molecule has 1 saturated heterocycles. The lowest BCUT2D eigenvalue weighted by Crippen LogP contribution is -2.70. The number of allylic oxidation sites excluding steroid dienone is 4. The van der Waals surface area contributed by atoms with E-state index in [-0.39, 0.29) is 23.5 Å². The first-order valence-electron chi connectivity index (χ1n) is 12.1. The van der Waals surface area contributed by atoms with Gasteiger partial charge in [0.1, 0.15) is 23.2 Å². The highest BCUT2D eigenvalue weighted by Crippen LogP contribution is 2.36. The van der Waals surface area contributed by atoms with E-state index < -0.39 is 0 Å². The van der Waals surface area contributed by atoms with Gasteiger partial charge in [-0.05, 0) is 62.8 Å². The number of rotatable bonds is 6. The predicted molar refractivity (Wildman–Crippen MR) is 138 cm³/mol. The second-order valence-corrected chi connectivity index (χ2v) is 10.7. The predicted octanol–water partition coefficient (Wildman–Crippen LogP) is 5.03. The summed E-state index contributed by atoms with van der Waals surface area (Å²) in [4.78, 5) is 24.3. The normalized spacial score (nSPS) is 27.1. The van der Waals surface area contributed by atoms with Crippen LogP contribution in [-0.2, 0) is 11.2 Å². The van der Waals surface area contributed by atoms with Crippen LogP contribution in [0.15, 0.2) is 59.7 Å². The fourth-order valence-electron chi connectivity index (χ4n) is 4.91. The smallest absolute Gasteiger partial charge is 0.223 e. The second kappa shape index (κ2) is 9.74. The molecule has 1 aromatic carbocycles. The lowest BCUT2D eigenvalue weighted by Gasteiger charge is -2.50. The van der Waals surface area contributed by atoms with Crippen molar-refractivity contribution in [3.8, 4) is 5.75 Å². The van der Waals surface area contributed by atoms with Gasteiger partial charge in [-0.1, -0.05) is 18.2 Å². The zero-order valence-corrected chi connectivity index (χ0v) is 20.5. The van der Waals surface area contributed by atoms with Crippen molar-refractivity contribution in [2.24, 2.45) is 10.9 Å². The summed E-state index contributed by atoms with van der Waals surface area (Å²) < 4.78 is 7.41. The summed E-state index contributed by atoms with van der Waals surface area (Å²) in [7, 11) is 0. The molecule has 2 fully saturated rings. The number of amidine groups is 1. The summed E-state index contributed by atoms with van der Waals surface area (Å²) in [6.45, 7) is 7.59. The third-order valence-electron chi connectivity index (χ3n) is 6.80. The van der Waals surface area contributed by atoms with E-state index in [0.29, 0.717) is 0 Å². The van der Waals surface area contributed by atoms with E-state index in [1.807, 2.05) is 23.9 Å². The van der Waals surface area contributed by atoms with Gasteiger partial charge in [0.15, 0.2) is 0 Å². The monoisotopic (exact) mass is 476 g/mol. The van der Waals surface area contributed by atoms with E-state index >= 15 is 0 Å². The van der Waals surface area contributed by atoms with E-state index in [2.05, 4.69) is 58.0 Å². The number of amides is 1. The van der Waals surface area contributed by atoms with Gasteiger partial charge in [-0.25, -0.2) is 9.98 Å². The number of thiazole rings is 1. The summed E-state index contributed by atoms with van der Waals surface area (Å²) in [5.74, 6) is 2.09. The van der Waals surface area contributed by atoms with Gasteiger partial charge in [0.05, 0.1) is 15.7 Å². The molecule has 178 valence electrons. The molecule has 2 aromatic rings. The molecule has 1 aromatic heterocycles. The summed E-state index contributed by atoms with van der Waals surface area (Å²) >= 11 is 1.62. The zero-order valence-electron chi connectivity index (χ0n) is 19.7. The summed E-state index contributed by atoms with van der Waals surface area (Å²) in [6, 6.07) is 4.21. The molecule has 5 rings (SSSR count). The lowest BCUT2D eigenvalue weighted by molar-refractivity contribution is -0.134. The molecule has 6 nitrogen and oxygen atoms in total. The Bertz CT molecular complexity index is 1150. The Labute approximate surface area is 205 Å². The molecule has 1 N–H and O–H groups in total. The van der Waals surface area contributed by atoms with E-state index in [0.717, 1.165) is 73.4 Å². The molecule has 1 saturated carbocycles. The Morgan fingerprint density at radius 1 is 1.35 bits per heavy atom. The number of aromatic nitrogens is 1. The summed E-state index contributed by atoms with van der Waals surface area (Å²) in [6.07, 6.45) is 15.5.